The van der Waals surface area contributed by atoms with E-state index in [4.69, 9.17) is 34.8 Å². The van der Waals surface area contributed by atoms with Gasteiger partial charge in [-0.25, -0.2) is 0 Å². The Morgan fingerprint density at radius 3 is 2.14 bits per heavy atom. The maximum atomic E-state index is 6.31. The summed E-state index contributed by atoms with van der Waals surface area (Å²) in [7, 11) is 0. The highest BCUT2D eigenvalue weighted by atomic mass is 35.5. The van der Waals surface area contributed by atoms with Crippen molar-refractivity contribution in [3.05, 3.63) is 68.7 Å². The van der Waals surface area contributed by atoms with Crippen molar-refractivity contribution in [1.82, 2.24) is 5.32 Å². The summed E-state index contributed by atoms with van der Waals surface area (Å²) < 4.78 is 0. The Kier molecular flexibility index (Phi) is 5.95. The molecule has 0 saturated carbocycles. The lowest BCUT2D eigenvalue weighted by molar-refractivity contribution is 0.456. The van der Waals surface area contributed by atoms with Gasteiger partial charge >= 0.3 is 0 Å². The van der Waals surface area contributed by atoms with Crippen LogP contribution in [0.15, 0.2) is 42.5 Å². The molecular formula is C17H18Cl3N. The molecule has 0 aliphatic heterocycles. The van der Waals surface area contributed by atoms with Gasteiger partial charge in [0.15, 0.2) is 0 Å². The second-order valence-electron chi connectivity index (χ2n) is 5.07. The third-order valence-electron chi connectivity index (χ3n) is 3.57. The van der Waals surface area contributed by atoms with Crippen molar-refractivity contribution < 1.29 is 0 Å². The summed E-state index contributed by atoms with van der Waals surface area (Å²) in [5.74, 6) is 0. The minimum atomic E-state index is 0.181. The molecule has 2 aromatic rings. The minimum absolute atomic E-state index is 0.181. The molecule has 2 atom stereocenters. The van der Waals surface area contributed by atoms with Gasteiger partial charge in [0, 0.05) is 27.2 Å². The zero-order chi connectivity index (χ0) is 15.4. The number of hydrogen-bond acceptors (Lipinski definition) is 1. The van der Waals surface area contributed by atoms with Crippen LogP contribution in [0.2, 0.25) is 15.1 Å². The molecule has 0 fully saturated rings. The van der Waals surface area contributed by atoms with Crippen molar-refractivity contribution >= 4 is 34.8 Å². The van der Waals surface area contributed by atoms with Crippen molar-refractivity contribution in [1.29, 1.82) is 0 Å². The molecule has 0 radical (unpaired) electrons. The van der Waals surface area contributed by atoms with Crippen molar-refractivity contribution in [3.8, 4) is 0 Å². The highest BCUT2D eigenvalue weighted by Crippen LogP contribution is 2.30. The maximum absolute atomic E-state index is 6.31. The molecule has 21 heavy (non-hydrogen) atoms. The minimum Gasteiger partial charge on any atom is -0.303 e. The number of benzene rings is 2. The molecule has 0 aromatic heterocycles. The van der Waals surface area contributed by atoms with Crippen LogP contribution in [0, 0.1) is 0 Å². The SMILES string of the molecule is CCC(NC(C)c1ccc(Cl)cc1)c1ccc(Cl)cc1Cl. The zero-order valence-corrected chi connectivity index (χ0v) is 14.3. The molecule has 2 aromatic carbocycles. The van der Waals surface area contributed by atoms with E-state index in [0.717, 1.165) is 17.0 Å². The van der Waals surface area contributed by atoms with E-state index in [0.29, 0.717) is 10.0 Å². The lowest BCUT2D eigenvalue weighted by Gasteiger charge is -2.24. The smallest absolute Gasteiger partial charge is 0.0468 e. The fraction of sp³-hybridized carbons (Fsp3) is 0.294. The molecule has 4 heteroatoms. The number of hydrogen-bond donors (Lipinski definition) is 1. The maximum Gasteiger partial charge on any atom is 0.0468 e. The molecule has 2 unspecified atom stereocenters. The highest BCUT2D eigenvalue weighted by Gasteiger charge is 2.16. The Morgan fingerprint density at radius 1 is 0.952 bits per heavy atom. The van der Waals surface area contributed by atoms with Gasteiger partial charge < -0.3 is 5.32 Å². The van der Waals surface area contributed by atoms with Gasteiger partial charge in [0.2, 0.25) is 0 Å². The lowest BCUT2D eigenvalue weighted by Crippen LogP contribution is -2.24. The largest absolute Gasteiger partial charge is 0.303 e. The van der Waals surface area contributed by atoms with Gasteiger partial charge in [-0.15, -0.1) is 0 Å². The highest BCUT2D eigenvalue weighted by molar-refractivity contribution is 6.35. The molecule has 0 heterocycles. The van der Waals surface area contributed by atoms with Gasteiger partial charge in [0.1, 0.15) is 0 Å². The summed E-state index contributed by atoms with van der Waals surface area (Å²) in [6, 6.07) is 13.9. The third-order valence-corrected chi connectivity index (χ3v) is 4.38. The van der Waals surface area contributed by atoms with E-state index in [1.165, 1.54) is 5.56 Å². The Hall–Kier alpha value is -0.730. The monoisotopic (exact) mass is 341 g/mol. The number of nitrogens with one attached hydrogen (secondary N) is 1. The van der Waals surface area contributed by atoms with Gasteiger partial charge in [0.25, 0.3) is 0 Å². The first-order chi connectivity index (χ1) is 10.0. The van der Waals surface area contributed by atoms with Crippen LogP contribution in [0.3, 0.4) is 0 Å². The fourth-order valence-corrected chi connectivity index (χ4v) is 3.03. The molecule has 1 nitrogen and oxygen atoms in total. The third kappa shape index (κ3) is 4.37. The van der Waals surface area contributed by atoms with Gasteiger partial charge in [-0.05, 0) is 48.7 Å². The lowest BCUT2D eigenvalue weighted by atomic mass is 10.0. The molecule has 0 saturated heterocycles. The first-order valence-electron chi connectivity index (χ1n) is 6.97. The van der Waals surface area contributed by atoms with Gasteiger partial charge in [0.05, 0.1) is 0 Å². The Labute approximate surface area is 141 Å². The molecule has 0 spiro atoms. The van der Waals surface area contributed by atoms with Crippen LogP contribution in [-0.4, -0.2) is 0 Å². The summed E-state index contributed by atoms with van der Waals surface area (Å²) >= 11 is 18.2. The molecule has 0 aliphatic carbocycles. The van der Waals surface area contributed by atoms with Crippen molar-refractivity contribution in [2.45, 2.75) is 32.4 Å². The van der Waals surface area contributed by atoms with E-state index in [2.05, 4.69) is 19.2 Å². The van der Waals surface area contributed by atoms with Crippen LogP contribution in [0.1, 0.15) is 43.5 Å². The standard InChI is InChI=1S/C17H18Cl3N/c1-3-17(15-9-8-14(19)10-16(15)20)21-11(2)12-4-6-13(18)7-5-12/h4-11,17,21H,3H2,1-2H3. The zero-order valence-electron chi connectivity index (χ0n) is 12.0. The molecule has 0 amide bonds. The predicted octanol–water partition coefficient (Wildman–Crippen LogP) is 6.45. The molecule has 2 rings (SSSR count). The van der Waals surface area contributed by atoms with Crippen LogP contribution in [0.4, 0.5) is 0 Å². The molecule has 1 N–H and O–H groups in total. The van der Waals surface area contributed by atoms with Crippen molar-refractivity contribution in [3.63, 3.8) is 0 Å². The molecular weight excluding hydrogens is 325 g/mol. The topological polar surface area (TPSA) is 12.0 Å². The quantitative estimate of drug-likeness (QED) is 0.658. The normalized spacial score (nSPS) is 14.0. The molecule has 112 valence electrons. The van der Waals surface area contributed by atoms with E-state index >= 15 is 0 Å². The second-order valence-corrected chi connectivity index (χ2v) is 6.35. The summed E-state index contributed by atoms with van der Waals surface area (Å²) in [4.78, 5) is 0. The van der Waals surface area contributed by atoms with Crippen LogP contribution in [0.25, 0.3) is 0 Å². The van der Waals surface area contributed by atoms with E-state index in [9.17, 15) is 0 Å². The number of halogens is 3. The summed E-state index contributed by atoms with van der Waals surface area (Å²) in [6.45, 7) is 4.27. The molecule has 0 bridgehead atoms. The van der Waals surface area contributed by atoms with E-state index < -0.39 is 0 Å². The second kappa shape index (κ2) is 7.51. The van der Waals surface area contributed by atoms with E-state index in [-0.39, 0.29) is 12.1 Å². The van der Waals surface area contributed by atoms with E-state index in [1.807, 2.05) is 36.4 Å². The van der Waals surface area contributed by atoms with E-state index in [1.54, 1.807) is 6.07 Å². The first-order valence-corrected chi connectivity index (χ1v) is 8.11. The summed E-state index contributed by atoms with van der Waals surface area (Å²) in [5, 5.41) is 5.71. The average Bonchev–Trinajstić information content (AvgIpc) is 2.46. The Bertz CT molecular complexity index is 595. The van der Waals surface area contributed by atoms with Crippen LogP contribution < -0.4 is 5.32 Å². The fourth-order valence-electron chi connectivity index (χ4n) is 2.36. The Balaban J connectivity index is 2.16. The van der Waals surface area contributed by atoms with Crippen LogP contribution in [-0.2, 0) is 0 Å². The number of rotatable bonds is 5. The van der Waals surface area contributed by atoms with Crippen LogP contribution >= 0.6 is 34.8 Å². The summed E-state index contributed by atoms with van der Waals surface area (Å²) in [5.41, 5.74) is 2.27. The van der Waals surface area contributed by atoms with Crippen molar-refractivity contribution in [2.75, 3.05) is 0 Å². The van der Waals surface area contributed by atoms with Gasteiger partial charge in [-0.3, -0.25) is 0 Å². The van der Waals surface area contributed by atoms with Gasteiger partial charge in [-0.2, -0.15) is 0 Å². The Morgan fingerprint density at radius 2 is 1.57 bits per heavy atom. The summed E-state index contributed by atoms with van der Waals surface area (Å²) in [6.07, 6.45) is 0.944. The van der Waals surface area contributed by atoms with Gasteiger partial charge in [-0.1, -0.05) is 59.9 Å². The molecule has 0 aliphatic rings. The first kappa shape index (κ1) is 16.6. The van der Waals surface area contributed by atoms with Crippen LogP contribution in [0.5, 0.6) is 0 Å². The van der Waals surface area contributed by atoms with Crippen molar-refractivity contribution in [2.24, 2.45) is 0 Å². The predicted molar refractivity (Wildman–Crippen MR) is 92.5 cm³/mol. The average molecular weight is 343 g/mol.